The summed E-state index contributed by atoms with van der Waals surface area (Å²) in [6, 6.07) is 7.57. The second-order valence-corrected chi connectivity index (χ2v) is 6.17. The Balaban J connectivity index is 1.96. The first-order valence-electron chi connectivity index (χ1n) is 8.35. The maximum atomic E-state index is 12.7. The fraction of sp³-hybridized carbons (Fsp3) is 0.200. The van der Waals surface area contributed by atoms with E-state index in [1.807, 2.05) is 0 Å². The van der Waals surface area contributed by atoms with Gasteiger partial charge >= 0.3 is 6.18 Å². The summed E-state index contributed by atoms with van der Waals surface area (Å²) in [5.41, 5.74) is 1.32. The third-order valence-corrected chi connectivity index (χ3v) is 4.25. The molecule has 2 N–H and O–H groups in total. The normalized spacial score (nSPS) is 12.8. The topological polar surface area (TPSA) is 75.4 Å². The fourth-order valence-corrected chi connectivity index (χ4v) is 2.83. The largest absolute Gasteiger partial charge is 0.441 e. The number of hydrogen-bond donors (Lipinski definition) is 2. The third kappa shape index (κ3) is 3.91. The lowest BCUT2D eigenvalue weighted by Crippen LogP contribution is -2.20. The van der Waals surface area contributed by atoms with Crippen LogP contribution < -0.4 is 5.32 Å². The number of amides is 1. The van der Waals surface area contributed by atoms with Gasteiger partial charge in [-0.25, -0.2) is 4.98 Å². The highest BCUT2D eigenvalue weighted by atomic mass is 19.4. The van der Waals surface area contributed by atoms with Crippen LogP contribution in [0.3, 0.4) is 0 Å². The number of carbonyl (C=O) groups excluding carboxylic acids is 1. The molecule has 0 saturated carbocycles. The van der Waals surface area contributed by atoms with E-state index >= 15 is 0 Å². The summed E-state index contributed by atoms with van der Waals surface area (Å²) in [5, 5.41) is 13.3. The van der Waals surface area contributed by atoms with E-state index in [0.717, 1.165) is 18.2 Å². The minimum absolute atomic E-state index is 0.173. The van der Waals surface area contributed by atoms with Gasteiger partial charge < -0.3 is 14.8 Å². The second-order valence-electron chi connectivity index (χ2n) is 6.17. The van der Waals surface area contributed by atoms with Gasteiger partial charge in [0.05, 0.1) is 5.56 Å². The van der Waals surface area contributed by atoms with Gasteiger partial charge in [0.2, 0.25) is 5.91 Å². The van der Waals surface area contributed by atoms with E-state index in [4.69, 9.17) is 4.42 Å². The molecule has 0 radical (unpaired) electrons. The molecule has 146 valence electrons. The maximum absolute atomic E-state index is 12.7. The number of aryl methyl sites for hydroxylation is 1. The third-order valence-electron chi connectivity index (χ3n) is 4.25. The maximum Gasteiger partial charge on any atom is 0.416 e. The summed E-state index contributed by atoms with van der Waals surface area (Å²) in [6.45, 7) is 5.19. The van der Waals surface area contributed by atoms with Crippen LogP contribution in [0.15, 0.2) is 53.5 Å². The molecular weight excluding hydrogens is 373 g/mol. The number of aromatic nitrogens is 1. The number of hydrogen-bond acceptors (Lipinski definition) is 4. The smallest absolute Gasteiger partial charge is 0.416 e. The van der Waals surface area contributed by atoms with Crippen molar-refractivity contribution >= 4 is 17.0 Å². The van der Waals surface area contributed by atoms with E-state index < -0.39 is 17.8 Å². The van der Waals surface area contributed by atoms with Gasteiger partial charge in [-0.1, -0.05) is 30.8 Å². The molecule has 3 aromatic rings. The van der Waals surface area contributed by atoms with E-state index in [-0.39, 0.29) is 12.5 Å². The van der Waals surface area contributed by atoms with E-state index in [0.29, 0.717) is 33.7 Å². The summed E-state index contributed by atoms with van der Waals surface area (Å²) >= 11 is 0. The van der Waals surface area contributed by atoms with Gasteiger partial charge in [-0.3, -0.25) is 4.79 Å². The number of nitrogens with zero attached hydrogens (tertiary/aromatic N) is 1. The molecule has 8 heteroatoms. The molecule has 1 atom stereocenters. The summed E-state index contributed by atoms with van der Waals surface area (Å²) in [4.78, 5) is 15.7. The zero-order valence-corrected chi connectivity index (χ0v) is 14.9. The number of halogens is 3. The van der Waals surface area contributed by atoms with Crippen LogP contribution in [0.25, 0.3) is 11.1 Å². The van der Waals surface area contributed by atoms with Gasteiger partial charge in [-0.15, -0.1) is 0 Å². The van der Waals surface area contributed by atoms with Crippen LogP contribution in [0.2, 0.25) is 0 Å². The Morgan fingerprint density at radius 3 is 2.57 bits per heavy atom. The van der Waals surface area contributed by atoms with Crippen molar-refractivity contribution in [3.63, 3.8) is 0 Å². The van der Waals surface area contributed by atoms with Crippen molar-refractivity contribution in [1.82, 2.24) is 10.3 Å². The van der Waals surface area contributed by atoms with Gasteiger partial charge in [0.15, 0.2) is 11.5 Å². The summed E-state index contributed by atoms with van der Waals surface area (Å²) in [5.74, 6) is 0.0108. The SMILES string of the molecule is C=CC(=O)NCc1ccc(C(O)c2ccc(C(F)(F)F)cc2)c2nc(C)oc12. The molecule has 0 aliphatic heterocycles. The zero-order chi connectivity index (χ0) is 20.5. The zero-order valence-electron chi connectivity index (χ0n) is 14.9. The number of aliphatic hydroxyl groups is 1. The van der Waals surface area contributed by atoms with Crippen LogP contribution in [0.1, 0.15) is 34.2 Å². The van der Waals surface area contributed by atoms with Crippen LogP contribution in [-0.4, -0.2) is 16.0 Å². The molecule has 1 heterocycles. The summed E-state index contributed by atoms with van der Waals surface area (Å²) < 4.78 is 43.8. The van der Waals surface area contributed by atoms with Crippen molar-refractivity contribution in [2.75, 3.05) is 0 Å². The minimum atomic E-state index is -4.45. The highest BCUT2D eigenvalue weighted by Crippen LogP contribution is 2.33. The summed E-state index contributed by atoms with van der Waals surface area (Å²) in [7, 11) is 0. The van der Waals surface area contributed by atoms with Gasteiger partial charge in [0, 0.05) is 24.6 Å². The van der Waals surface area contributed by atoms with Crippen molar-refractivity contribution in [3.05, 3.63) is 77.2 Å². The number of carbonyl (C=O) groups is 1. The highest BCUT2D eigenvalue weighted by molar-refractivity contribution is 5.87. The molecule has 0 bridgehead atoms. The van der Waals surface area contributed by atoms with Crippen LogP contribution in [0, 0.1) is 6.92 Å². The van der Waals surface area contributed by atoms with Crippen LogP contribution in [-0.2, 0) is 17.5 Å². The average molecular weight is 390 g/mol. The van der Waals surface area contributed by atoms with Crippen molar-refractivity contribution in [3.8, 4) is 0 Å². The highest BCUT2D eigenvalue weighted by Gasteiger charge is 2.30. The number of alkyl halides is 3. The van der Waals surface area contributed by atoms with Gasteiger partial charge in [-0.2, -0.15) is 13.2 Å². The second kappa shape index (κ2) is 7.47. The van der Waals surface area contributed by atoms with Gasteiger partial charge in [0.1, 0.15) is 11.6 Å². The lowest BCUT2D eigenvalue weighted by molar-refractivity contribution is -0.137. The molecule has 1 unspecified atom stereocenters. The van der Waals surface area contributed by atoms with Crippen LogP contribution >= 0.6 is 0 Å². The van der Waals surface area contributed by atoms with Crippen molar-refractivity contribution in [2.24, 2.45) is 0 Å². The Bertz CT molecular complexity index is 1020. The number of aliphatic hydroxyl groups excluding tert-OH is 1. The molecule has 0 saturated heterocycles. The number of fused-ring (bicyclic) bond motifs is 1. The predicted molar refractivity (Wildman–Crippen MR) is 96.3 cm³/mol. The standard InChI is InChI=1S/C20H17F3N2O3/c1-3-16(26)24-10-13-6-9-15(17-19(13)28-11(2)25-17)18(27)12-4-7-14(8-5-12)20(21,22)23/h3-9,18,27H,1,10H2,2H3,(H,24,26). The van der Waals surface area contributed by atoms with Crippen LogP contribution in [0.4, 0.5) is 13.2 Å². The number of benzene rings is 2. The number of oxazole rings is 1. The first kappa shape index (κ1) is 19.6. The van der Waals surface area contributed by atoms with Crippen LogP contribution in [0.5, 0.6) is 0 Å². The molecular formula is C20H17F3N2O3. The first-order chi connectivity index (χ1) is 13.2. The predicted octanol–water partition coefficient (Wildman–Crippen LogP) is 4.04. The Morgan fingerprint density at radius 1 is 1.29 bits per heavy atom. The fourth-order valence-electron chi connectivity index (χ4n) is 2.83. The molecule has 28 heavy (non-hydrogen) atoms. The Labute approximate surface area is 158 Å². The molecule has 1 amide bonds. The van der Waals surface area contributed by atoms with E-state index in [2.05, 4.69) is 16.9 Å². The molecule has 0 fully saturated rings. The number of rotatable bonds is 5. The monoisotopic (exact) mass is 390 g/mol. The van der Waals surface area contributed by atoms with Crippen molar-refractivity contribution in [2.45, 2.75) is 25.7 Å². The Kier molecular flexibility index (Phi) is 5.24. The summed E-state index contributed by atoms with van der Waals surface area (Å²) in [6.07, 6.45) is -4.49. The Hall–Kier alpha value is -3.13. The lowest BCUT2D eigenvalue weighted by Gasteiger charge is -2.14. The van der Waals surface area contributed by atoms with Crippen molar-refractivity contribution in [1.29, 1.82) is 0 Å². The van der Waals surface area contributed by atoms with E-state index in [1.54, 1.807) is 19.1 Å². The number of nitrogens with one attached hydrogen (secondary N) is 1. The van der Waals surface area contributed by atoms with E-state index in [1.165, 1.54) is 12.1 Å². The molecule has 0 spiro atoms. The first-order valence-corrected chi connectivity index (χ1v) is 8.35. The molecule has 2 aromatic carbocycles. The molecule has 0 aliphatic rings. The van der Waals surface area contributed by atoms with Gasteiger partial charge in [-0.05, 0) is 23.8 Å². The Morgan fingerprint density at radius 2 is 1.96 bits per heavy atom. The molecule has 0 aliphatic carbocycles. The minimum Gasteiger partial charge on any atom is -0.441 e. The molecule has 1 aromatic heterocycles. The van der Waals surface area contributed by atoms with Gasteiger partial charge in [0.25, 0.3) is 0 Å². The quantitative estimate of drug-likeness (QED) is 0.645. The average Bonchev–Trinajstić information content (AvgIpc) is 3.06. The molecule has 3 rings (SSSR count). The van der Waals surface area contributed by atoms with E-state index in [9.17, 15) is 23.1 Å². The lowest BCUT2D eigenvalue weighted by atomic mass is 9.97. The van der Waals surface area contributed by atoms with Crippen molar-refractivity contribution < 1.29 is 27.5 Å². The molecule has 5 nitrogen and oxygen atoms in total.